The summed E-state index contributed by atoms with van der Waals surface area (Å²) in [6.45, 7) is 5.94. The molecule has 0 N–H and O–H groups in total. The van der Waals surface area contributed by atoms with E-state index in [0.717, 1.165) is 0 Å². The molecule has 0 saturated carbocycles. The second kappa shape index (κ2) is 5.19. The van der Waals surface area contributed by atoms with Gasteiger partial charge in [0.15, 0.2) is 0 Å². The molecule has 0 aromatic heterocycles. The molecule has 1 atom stereocenters. The number of alkyl halides is 1. The normalized spacial score (nSPS) is 12.3. The van der Waals surface area contributed by atoms with Crippen molar-refractivity contribution in [3.05, 3.63) is 12.7 Å². The highest BCUT2D eigenvalue weighted by molar-refractivity contribution is 6.19. The topological polar surface area (TPSA) is 20.3 Å². The molecule has 11 heavy (non-hydrogen) atoms. The summed E-state index contributed by atoms with van der Waals surface area (Å²) in [6.07, 6.45) is 1.69. The lowest BCUT2D eigenvalue weighted by Gasteiger charge is -2.17. The minimum atomic E-state index is -0.0957. The molecule has 3 heteroatoms. The summed E-state index contributed by atoms with van der Waals surface area (Å²) < 4.78 is 0. The number of nitrogens with zero attached hydrogens (tertiary/aromatic N) is 1. The summed E-state index contributed by atoms with van der Waals surface area (Å²) in [6, 6.07) is 0. The minimum absolute atomic E-state index is 0.0694. The number of amides is 1. The molecule has 0 bridgehead atoms. The van der Waals surface area contributed by atoms with Gasteiger partial charge in [-0.15, -0.1) is 18.2 Å². The van der Waals surface area contributed by atoms with Crippen LogP contribution in [0.25, 0.3) is 0 Å². The Bertz CT molecular complexity index is 147. The van der Waals surface area contributed by atoms with E-state index in [-0.39, 0.29) is 11.8 Å². The van der Waals surface area contributed by atoms with Gasteiger partial charge in [0.05, 0.1) is 0 Å². The lowest BCUT2D eigenvalue weighted by molar-refractivity contribution is -0.132. The van der Waals surface area contributed by atoms with Gasteiger partial charge >= 0.3 is 0 Å². The third-order valence-electron chi connectivity index (χ3n) is 1.43. The third-order valence-corrected chi connectivity index (χ3v) is 1.90. The van der Waals surface area contributed by atoms with E-state index in [1.807, 2.05) is 6.92 Å². The first-order chi connectivity index (χ1) is 5.13. The second-order valence-electron chi connectivity index (χ2n) is 2.56. The SMILES string of the molecule is C=CCN(C)C(=O)C(C)CCl. The quantitative estimate of drug-likeness (QED) is 0.469. The summed E-state index contributed by atoms with van der Waals surface area (Å²) in [7, 11) is 1.74. The molecular weight excluding hydrogens is 162 g/mol. The Morgan fingerprint density at radius 3 is 2.73 bits per heavy atom. The monoisotopic (exact) mass is 175 g/mol. The smallest absolute Gasteiger partial charge is 0.226 e. The van der Waals surface area contributed by atoms with E-state index in [9.17, 15) is 4.79 Å². The van der Waals surface area contributed by atoms with Crippen molar-refractivity contribution in [1.82, 2.24) is 4.90 Å². The van der Waals surface area contributed by atoms with Gasteiger partial charge in [-0.25, -0.2) is 0 Å². The van der Waals surface area contributed by atoms with Gasteiger partial charge in [-0.05, 0) is 0 Å². The molecule has 0 aromatic rings. The number of halogens is 1. The van der Waals surface area contributed by atoms with Crippen molar-refractivity contribution in [2.75, 3.05) is 19.5 Å². The fourth-order valence-corrected chi connectivity index (χ4v) is 0.858. The molecule has 2 nitrogen and oxygen atoms in total. The van der Waals surface area contributed by atoms with Gasteiger partial charge in [0.1, 0.15) is 0 Å². The standard InChI is InChI=1S/C8H14ClNO/c1-4-5-10(3)8(11)7(2)6-9/h4,7H,1,5-6H2,2-3H3. The minimum Gasteiger partial charge on any atom is -0.342 e. The van der Waals surface area contributed by atoms with Gasteiger partial charge in [0, 0.05) is 25.4 Å². The molecule has 0 aliphatic heterocycles. The molecule has 0 heterocycles. The number of hydrogen-bond acceptors (Lipinski definition) is 1. The molecule has 0 rings (SSSR count). The molecule has 0 aliphatic carbocycles. The number of carbonyl (C=O) groups excluding carboxylic acids is 1. The van der Waals surface area contributed by atoms with Crippen LogP contribution in [0.4, 0.5) is 0 Å². The Hall–Kier alpha value is -0.500. The zero-order chi connectivity index (χ0) is 8.85. The highest BCUT2D eigenvalue weighted by Crippen LogP contribution is 2.02. The molecule has 0 fully saturated rings. The van der Waals surface area contributed by atoms with Crippen molar-refractivity contribution in [3.63, 3.8) is 0 Å². The second-order valence-corrected chi connectivity index (χ2v) is 2.87. The summed E-state index contributed by atoms with van der Waals surface area (Å²) in [4.78, 5) is 12.9. The molecule has 0 radical (unpaired) electrons. The number of carbonyl (C=O) groups is 1. The molecule has 0 aromatic carbocycles. The van der Waals surface area contributed by atoms with Crippen LogP contribution in [-0.2, 0) is 4.79 Å². The first-order valence-electron chi connectivity index (χ1n) is 3.55. The van der Waals surface area contributed by atoms with Crippen molar-refractivity contribution in [1.29, 1.82) is 0 Å². The number of likely N-dealkylation sites (N-methyl/N-ethyl adjacent to an activating group) is 1. The molecule has 0 saturated heterocycles. The van der Waals surface area contributed by atoms with Crippen molar-refractivity contribution in [2.24, 2.45) is 5.92 Å². The van der Waals surface area contributed by atoms with Crippen LogP contribution in [-0.4, -0.2) is 30.3 Å². The predicted molar refractivity (Wildman–Crippen MR) is 47.7 cm³/mol. The highest BCUT2D eigenvalue weighted by atomic mass is 35.5. The van der Waals surface area contributed by atoms with Crippen LogP contribution >= 0.6 is 11.6 Å². The average molecular weight is 176 g/mol. The average Bonchev–Trinajstić information content (AvgIpc) is 2.02. The Morgan fingerprint density at radius 1 is 1.82 bits per heavy atom. The van der Waals surface area contributed by atoms with Crippen LogP contribution in [0.15, 0.2) is 12.7 Å². The van der Waals surface area contributed by atoms with Crippen LogP contribution in [0.2, 0.25) is 0 Å². The molecular formula is C8H14ClNO. The Labute approximate surface area is 72.8 Å². The lowest BCUT2D eigenvalue weighted by Crippen LogP contribution is -2.32. The van der Waals surface area contributed by atoms with E-state index in [1.54, 1.807) is 18.0 Å². The van der Waals surface area contributed by atoms with Crippen LogP contribution in [0.5, 0.6) is 0 Å². The van der Waals surface area contributed by atoms with Crippen LogP contribution in [0.3, 0.4) is 0 Å². The molecule has 0 spiro atoms. The Morgan fingerprint density at radius 2 is 2.36 bits per heavy atom. The molecule has 1 unspecified atom stereocenters. The molecule has 0 aliphatic rings. The lowest BCUT2D eigenvalue weighted by atomic mass is 10.2. The first-order valence-corrected chi connectivity index (χ1v) is 4.08. The third kappa shape index (κ3) is 3.42. The number of rotatable bonds is 4. The van der Waals surface area contributed by atoms with Gasteiger partial charge in [-0.1, -0.05) is 13.0 Å². The zero-order valence-corrected chi connectivity index (χ0v) is 7.77. The highest BCUT2D eigenvalue weighted by Gasteiger charge is 2.14. The van der Waals surface area contributed by atoms with E-state index >= 15 is 0 Å². The van der Waals surface area contributed by atoms with Gasteiger partial charge in [-0.2, -0.15) is 0 Å². The van der Waals surface area contributed by atoms with E-state index in [0.29, 0.717) is 12.4 Å². The zero-order valence-electron chi connectivity index (χ0n) is 7.01. The van der Waals surface area contributed by atoms with Crippen molar-refractivity contribution < 1.29 is 4.79 Å². The van der Waals surface area contributed by atoms with E-state index in [1.165, 1.54) is 0 Å². The predicted octanol–water partition coefficient (Wildman–Crippen LogP) is 1.51. The summed E-state index contributed by atoms with van der Waals surface area (Å²) in [5.41, 5.74) is 0. The van der Waals surface area contributed by atoms with E-state index < -0.39 is 0 Å². The summed E-state index contributed by atoms with van der Waals surface area (Å²) >= 11 is 5.52. The molecule has 1 amide bonds. The van der Waals surface area contributed by atoms with Gasteiger partial charge in [0.25, 0.3) is 0 Å². The van der Waals surface area contributed by atoms with Gasteiger partial charge in [0.2, 0.25) is 5.91 Å². The van der Waals surface area contributed by atoms with Crippen molar-refractivity contribution >= 4 is 17.5 Å². The maximum absolute atomic E-state index is 11.3. The van der Waals surface area contributed by atoms with E-state index in [4.69, 9.17) is 11.6 Å². The fraction of sp³-hybridized carbons (Fsp3) is 0.625. The first kappa shape index (κ1) is 10.5. The number of hydrogen-bond donors (Lipinski definition) is 0. The van der Waals surface area contributed by atoms with Crippen LogP contribution in [0.1, 0.15) is 6.92 Å². The summed E-state index contributed by atoms with van der Waals surface area (Å²) in [5, 5.41) is 0. The largest absolute Gasteiger partial charge is 0.342 e. The Kier molecular flexibility index (Phi) is 4.95. The van der Waals surface area contributed by atoms with Crippen molar-refractivity contribution in [3.8, 4) is 0 Å². The van der Waals surface area contributed by atoms with Crippen LogP contribution in [0, 0.1) is 5.92 Å². The van der Waals surface area contributed by atoms with Gasteiger partial charge < -0.3 is 4.90 Å². The van der Waals surface area contributed by atoms with Gasteiger partial charge in [-0.3, -0.25) is 4.79 Å². The molecule has 64 valence electrons. The maximum Gasteiger partial charge on any atom is 0.226 e. The van der Waals surface area contributed by atoms with Crippen LogP contribution < -0.4 is 0 Å². The van der Waals surface area contributed by atoms with E-state index in [2.05, 4.69) is 6.58 Å². The fourth-order valence-electron chi connectivity index (χ4n) is 0.726. The van der Waals surface area contributed by atoms with Crippen molar-refractivity contribution in [2.45, 2.75) is 6.92 Å². The maximum atomic E-state index is 11.3. The summed E-state index contributed by atoms with van der Waals surface area (Å²) in [5.74, 6) is 0.349. The Balaban J connectivity index is 3.90.